The van der Waals surface area contributed by atoms with Gasteiger partial charge in [-0.1, -0.05) is 0 Å². The molecule has 0 aliphatic rings. The summed E-state index contributed by atoms with van der Waals surface area (Å²) in [5, 5.41) is 3.06. The molecule has 0 saturated carbocycles. The van der Waals surface area contributed by atoms with Crippen molar-refractivity contribution in [2.75, 3.05) is 0 Å². The number of nitrogens with zero attached hydrogens (tertiary/aromatic N) is 1. The molecule has 0 spiro atoms. The van der Waals surface area contributed by atoms with Gasteiger partial charge in [-0.05, 0) is 61.8 Å². The van der Waals surface area contributed by atoms with Crippen molar-refractivity contribution in [3.8, 4) is 0 Å². The van der Waals surface area contributed by atoms with Crippen LogP contribution in [0.1, 0.15) is 53.1 Å². The summed E-state index contributed by atoms with van der Waals surface area (Å²) in [7, 11) is 0. The van der Waals surface area contributed by atoms with Gasteiger partial charge in [0.05, 0.1) is 6.04 Å². The molecule has 0 aromatic carbocycles. The summed E-state index contributed by atoms with van der Waals surface area (Å²) >= 11 is 5.15. The predicted octanol–water partition coefficient (Wildman–Crippen LogP) is 4.69. The van der Waals surface area contributed by atoms with E-state index in [9.17, 15) is 4.79 Å². The van der Waals surface area contributed by atoms with Crippen LogP contribution in [0.2, 0.25) is 0 Å². The van der Waals surface area contributed by atoms with E-state index in [-0.39, 0.29) is 18.0 Å². The fourth-order valence-corrected chi connectivity index (χ4v) is 3.40. The van der Waals surface area contributed by atoms with Crippen molar-refractivity contribution in [2.24, 2.45) is 0 Å². The van der Waals surface area contributed by atoms with Crippen molar-refractivity contribution in [3.63, 3.8) is 0 Å². The van der Waals surface area contributed by atoms with Crippen molar-refractivity contribution in [1.82, 2.24) is 9.88 Å². The van der Waals surface area contributed by atoms with Crippen LogP contribution in [-0.2, 0) is 0 Å². The van der Waals surface area contributed by atoms with Crippen LogP contribution in [0.15, 0.2) is 28.9 Å². The van der Waals surface area contributed by atoms with Crippen molar-refractivity contribution in [1.29, 1.82) is 0 Å². The maximum atomic E-state index is 12.4. The lowest BCUT2D eigenvalue weighted by molar-refractivity contribution is 0.0929. The number of carbonyl (C=O) groups is 1. The minimum absolute atomic E-state index is 0.0236. The first-order valence-corrected chi connectivity index (χ1v) is 8.24. The molecule has 2 aromatic heterocycles. The summed E-state index contributed by atoms with van der Waals surface area (Å²) < 4.78 is 2.90. The number of thiophene rings is 1. The SMILES string of the molecule is Cc1ccc(C(C)NC(=O)c2cc(Br)cn2C(C)C)s1. The number of aromatic nitrogens is 1. The highest BCUT2D eigenvalue weighted by Gasteiger charge is 2.18. The number of carbonyl (C=O) groups excluding carboxylic acids is 1. The first-order chi connectivity index (χ1) is 9.38. The molecular formula is C15H19BrN2OS. The zero-order valence-corrected chi connectivity index (χ0v) is 14.5. The summed E-state index contributed by atoms with van der Waals surface area (Å²) in [6, 6.07) is 6.29. The van der Waals surface area contributed by atoms with Crippen molar-refractivity contribution >= 4 is 33.2 Å². The zero-order chi connectivity index (χ0) is 14.9. The lowest BCUT2D eigenvalue weighted by Crippen LogP contribution is -2.28. The second-order valence-electron chi connectivity index (χ2n) is 5.19. The molecule has 1 N–H and O–H groups in total. The molecule has 0 aliphatic carbocycles. The van der Waals surface area contributed by atoms with Crippen molar-refractivity contribution in [2.45, 2.75) is 39.8 Å². The van der Waals surface area contributed by atoms with Crippen molar-refractivity contribution in [3.05, 3.63) is 44.3 Å². The number of halogens is 1. The van der Waals surface area contributed by atoms with Gasteiger partial charge in [0.2, 0.25) is 0 Å². The number of nitrogens with one attached hydrogen (secondary N) is 1. The van der Waals surface area contributed by atoms with E-state index in [4.69, 9.17) is 0 Å². The Kier molecular flexibility index (Phi) is 4.70. The maximum Gasteiger partial charge on any atom is 0.268 e. The first kappa shape index (κ1) is 15.3. The molecule has 0 aliphatic heterocycles. The largest absolute Gasteiger partial charge is 0.343 e. The van der Waals surface area contributed by atoms with Crippen LogP contribution in [0, 0.1) is 6.92 Å². The topological polar surface area (TPSA) is 34.0 Å². The molecule has 1 amide bonds. The highest BCUT2D eigenvalue weighted by atomic mass is 79.9. The highest BCUT2D eigenvalue weighted by Crippen LogP contribution is 2.24. The lowest BCUT2D eigenvalue weighted by Gasteiger charge is -2.15. The minimum Gasteiger partial charge on any atom is -0.343 e. The van der Waals surface area contributed by atoms with Gasteiger partial charge in [-0.25, -0.2) is 0 Å². The molecule has 20 heavy (non-hydrogen) atoms. The smallest absolute Gasteiger partial charge is 0.268 e. The van der Waals surface area contributed by atoms with Crippen LogP contribution >= 0.6 is 27.3 Å². The Bertz CT molecular complexity index is 615. The van der Waals surface area contributed by atoms with Gasteiger partial charge in [0.15, 0.2) is 0 Å². The quantitative estimate of drug-likeness (QED) is 0.848. The molecule has 2 aromatic rings. The Balaban J connectivity index is 2.16. The molecule has 0 bridgehead atoms. The molecule has 108 valence electrons. The Morgan fingerprint density at radius 3 is 2.60 bits per heavy atom. The fraction of sp³-hybridized carbons (Fsp3) is 0.400. The summed E-state index contributed by atoms with van der Waals surface area (Å²) in [5.41, 5.74) is 0.687. The number of aryl methyl sites for hydroxylation is 1. The van der Waals surface area contributed by atoms with Gasteiger partial charge in [0, 0.05) is 26.5 Å². The second kappa shape index (κ2) is 6.14. The van der Waals surface area contributed by atoms with Gasteiger partial charge in [-0.15, -0.1) is 11.3 Å². The van der Waals surface area contributed by atoms with E-state index in [2.05, 4.69) is 54.2 Å². The van der Waals surface area contributed by atoms with Gasteiger partial charge in [-0.3, -0.25) is 4.79 Å². The molecule has 1 unspecified atom stereocenters. The highest BCUT2D eigenvalue weighted by molar-refractivity contribution is 9.10. The van der Waals surface area contributed by atoms with Crippen molar-refractivity contribution < 1.29 is 4.79 Å². The minimum atomic E-state index is -0.0389. The van der Waals surface area contributed by atoms with E-state index in [1.54, 1.807) is 11.3 Å². The number of amides is 1. The third-order valence-electron chi connectivity index (χ3n) is 3.14. The van der Waals surface area contributed by atoms with E-state index in [0.717, 1.165) is 4.47 Å². The van der Waals surface area contributed by atoms with Crippen LogP contribution in [0.3, 0.4) is 0 Å². The molecule has 5 heteroatoms. The Morgan fingerprint density at radius 2 is 2.05 bits per heavy atom. The normalized spacial score (nSPS) is 12.7. The van der Waals surface area contributed by atoms with E-state index in [1.807, 2.05) is 23.8 Å². The third-order valence-corrected chi connectivity index (χ3v) is 4.76. The standard InChI is InChI=1S/C15H19BrN2OS/c1-9(2)18-8-12(16)7-13(18)15(19)17-11(4)14-6-5-10(3)20-14/h5-9,11H,1-4H3,(H,17,19). The van der Waals surface area contributed by atoms with E-state index < -0.39 is 0 Å². The molecule has 0 radical (unpaired) electrons. The summed E-state index contributed by atoms with van der Waals surface area (Å²) in [6.07, 6.45) is 1.94. The average Bonchev–Trinajstić information content (AvgIpc) is 2.95. The Morgan fingerprint density at radius 1 is 1.35 bits per heavy atom. The molecule has 3 nitrogen and oxygen atoms in total. The molecule has 2 heterocycles. The third kappa shape index (κ3) is 3.33. The summed E-state index contributed by atoms with van der Waals surface area (Å²) in [6.45, 7) is 8.22. The first-order valence-electron chi connectivity index (χ1n) is 6.63. The average molecular weight is 355 g/mol. The van der Waals surface area contributed by atoms with E-state index in [1.165, 1.54) is 9.75 Å². The van der Waals surface area contributed by atoms with Gasteiger partial charge in [-0.2, -0.15) is 0 Å². The van der Waals surface area contributed by atoms with Gasteiger partial charge in [0.25, 0.3) is 5.91 Å². The number of hydrogen-bond donors (Lipinski definition) is 1. The van der Waals surface area contributed by atoms with Gasteiger partial charge < -0.3 is 9.88 Å². The zero-order valence-electron chi connectivity index (χ0n) is 12.1. The fourth-order valence-electron chi connectivity index (χ4n) is 2.08. The Labute approximate surface area is 132 Å². The lowest BCUT2D eigenvalue weighted by atomic mass is 10.2. The molecule has 1 atom stereocenters. The molecule has 0 saturated heterocycles. The van der Waals surface area contributed by atoms with Crippen LogP contribution in [0.4, 0.5) is 0 Å². The molecule has 2 rings (SSSR count). The molecular weight excluding hydrogens is 336 g/mol. The summed E-state index contributed by atoms with van der Waals surface area (Å²) in [5.74, 6) is -0.0389. The van der Waals surface area contributed by atoms with Crippen LogP contribution < -0.4 is 5.32 Å². The monoisotopic (exact) mass is 354 g/mol. The maximum absolute atomic E-state index is 12.4. The number of rotatable bonds is 4. The van der Waals surface area contributed by atoms with E-state index >= 15 is 0 Å². The van der Waals surface area contributed by atoms with Crippen LogP contribution in [-0.4, -0.2) is 10.5 Å². The number of hydrogen-bond acceptors (Lipinski definition) is 2. The predicted molar refractivity (Wildman–Crippen MR) is 87.5 cm³/mol. The van der Waals surface area contributed by atoms with Crippen LogP contribution in [0.5, 0.6) is 0 Å². The molecule has 0 fully saturated rings. The van der Waals surface area contributed by atoms with Gasteiger partial charge >= 0.3 is 0 Å². The van der Waals surface area contributed by atoms with E-state index in [0.29, 0.717) is 5.69 Å². The van der Waals surface area contributed by atoms with Crippen LogP contribution in [0.25, 0.3) is 0 Å². The summed E-state index contributed by atoms with van der Waals surface area (Å²) in [4.78, 5) is 14.9. The van der Waals surface area contributed by atoms with Gasteiger partial charge in [0.1, 0.15) is 5.69 Å². The second-order valence-corrected chi connectivity index (χ2v) is 7.42. The Hall–Kier alpha value is -1.07.